The van der Waals surface area contributed by atoms with Gasteiger partial charge < -0.3 is 5.32 Å². The SMILES string of the molecule is CNCCC1CCN(Cc2cnc(C)cn2)CC1. The van der Waals surface area contributed by atoms with Gasteiger partial charge in [-0.25, -0.2) is 0 Å². The van der Waals surface area contributed by atoms with E-state index < -0.39 is 0 Å². The third kappa shape index (κ3) is 4.03. The average Bonchev–Trinajstić information content (AvgIpc) is 2.41. The molecule has 0 aliphatic carbocycles. The third-order valence-corrected chi connectivity index (χ3v) is 3.73. The van der Waals surface area contributed by atoms with Gasteiger partial charge >= 0.3 is 0 Å². The van der Waals surface area contributed by atoms with Crippen LogP contribution in [0, 0.1) is 12.8 Å². The van der Waals surface area contributed by atoms with Crippen LogP contribution in [0.1, 0.15) is 30.7 Å². The van der Waals surface area contributed by atoms with Gasteiger partial charge in [-0.3, -0.25) is 14.9 Å². The Morgan fingerprint density at radius 2 is 2.06 bits per heavy atom. The number of nitrogens with zero attached hydrogens (tertiary/aromatic N) is 3. The molecule has 0 unspecified atom stereocenters. The van der Waals surface area contributed by atoms with Crippen LogP contribution in [0.15, 0.2) is 12.4 Å². The maximum atomic E-state index is 4.43. The molecule has 0 amide bonds. The number of nitrogens with one attached hydrogen (secondary N) is 1. The highest BCUT2D eigenvalue weighted by molar-refractivity contribution is 5.00. The van der Waals surface area contributed by atoms with Crippen LogP contribution >= 0.6 is 0 Å². The fourth-order valence-corrected chi connectivity index (χ4v) is 2.51. The molecule has 1 aliphatic rings. The summed E-state index contributed by atoms with van der Waals surface area (Å²) in [6.07, 6.45) is 7.72. The Hall–Kier alpha value is -1.00. The molecule has 0 aromatic carbocycles. The molecule has 1 fully saturated rings. The van der Waals surface area contributed by atoms with E-state index in [-0.39, 0.29) is 0 Å². The van der Waals surface area contributed by atoms with E-state index in [1.807, 2.05) is 26.4 Å². The zero-order valence-electron chi connectivity index (χ0n) is 11.5. The van der Waals surface area contributed by atoms with Crippen molar-refractivity contribution >= 4 is 0 Å². The van der Waals surface area contributed by atoms with Crippen molar-refractivity contribution < 1.29 is 0 Å². The van der Waals surface area contributed by atoms with E-state index in [0.717, 1.165) is 30.4 Å². The van der Waals surface area contributed by atoms with Gasteiger partial charge in [-0.1, -0.05) is 0 Å². The zero-order chi connectivity index (χ0) is 12.8. The molecule has 0 saturated carbocycles. The van der Waals surface area contributed by atoms with E-state index >= 15 is 0 Å². The summed E-state index contributed by atoms with van der Waals surface area (Å²) < 4.78 is 0. The van der Waals surface area contributed by atoms with Crippen molar-refractivity contribution in [3.05, 3.63) is 23.8 Å². The second-order valence-electron chi connectivity index (χ2n) is 5.26. The lowest BCUT2D eigenvalue weighted by Gasteiger charge is -2.31. The van der Waals surface area contributed by atoms with E-state index in [2.05, 4.69) is 20.2 Å². The average molecular weight is 248 g/mol. The van der Waals surface area contributed by atoms with Crippen molar-refractivity contribution in [2.45, 2.75) is 32.7 Å². The number of piperidine rings is 1. The van der Waals surface area contributed by atoms with Crippen LogP contribution in [0.25, 0.3) is 0 Å². The van der Waals surface area contributed by atoms with Gasteiger partial charge in [0.1, 0.15) is 0 Å². The van der Waals surface area contributed by atoms with Gasteiger partial charge in [-0.05, 0) is 58.8 Å². The van der Waals surface area contributed by atoms with Gasteiger partial charge in [-0.2, -0.15) is 0 Å². The second-order valence-corrected chi connectivity index (χ2v) is 5.26. The fraction of sp³-hybridized carbons (Fsp3) is 0.714. The fourth-order valence-electron chi connectivity index (χ4n) is 2.51. The molecule has 1 aromatic rings. The normalized spacial score (nSPS) is 18.1. The zero-order valence-corrected chi connectivity index (χ0v) is 11.5. The van der Waals surface area contributed by atoms with E-state index in [0.29, 0.717) is 0 Å². The summed E-state index contributed by atoms with van der Waals surface area (Å²) in [5, 5.41) is 3.24. The minimum atomic E-state index is 0.901. The summed E-state index contributed by atoms with van der Waals surface area (Å²) in [5.74, 6) is 0.901. The van der Waals surface area contributed by atoms with Crippen LogP contribution in [0.3, 0.4) is 0 Å². The van der Waals surface area contributed by atoms with Crippen LogP contribution in [-0.4, -0.2) is 41.5 Å². The highest BCUT2D eigenvalue weighted by atomic mass is 15.1. The number of aromatic nitrogens is 2. The number of rotatable bonds is 5. The summed E-state index contributed by atoms with van der Waals surface area (Å²) in [7, 11) is 2.03. The van der Waals surface area contributed by atoms with Crippen molar-refractivity contribution in [3.63, 3.8) is 0 Å². The first-order chi connectivity index (χ1) is 8.78. The Labute approximate surface area is 110 Å². The second kappa shape index (κ2) is 6.81. The maximum Gasteiger partial charge on any atom is 0.0727 e. The number of hydrogen-bond acceptors (Lipinski definition) is 4. The van der Waals surface area contributed by atoms with Gasteiger partial charge in [0.25, 0.3) is 0 Å². The smallest absolute Gasteiger partial charge is 0.0727 e. The molecule has 100 valence electrons. The predicted molar refractivity (Wildman–Crippen MR) is 73.3 cm³/mol. The van der Waals surface area contributed by atoms with E-state index in [1.165, 1.54) is 32.4 Å². The maximum absolute atomic E-state index is 4.43. The Morgan fingerprint density at radius 3 is 2.67 bits per heavy atom. The molecule has 4 nitrogen and oxygen atoms in total. The van der Waals surface area contributed by atoms with Crippen LogP contribution in [0.5, 0.6) is 0 Å². The predicted octanol–water partition coefficient (Wildman–Crippen LogP) is 1.61. The molecular formula is C14H24N4. The van der Waals surface area contributed by atoms with Crippen LogP contribution in [0.4, 0.5) is 0 Å². The van der Waals surface area contributed by atoms with Gasteiger partial charge in [0, 0.05) is 18.9 Å². The summed E-state index contributed by atoms with van der Waals surface area (Å²) in [5.41, 5.74) is 2.08. The summed E-state index contributed by atoms with van der Waals surface area (Å²) in [4.78, 5) is 11.2. The molecule has 1 saturated heterocycles. The van der Waals surface area contributed by atoms with E-state index in [4.69, 9.17) is 0 Å². The Morgan fingerprint density at radius 1 is 1.28 bits per heavy atom. The summed E-state index contributed by atoms with van der Waals surface area (Å²) in [6.45, 7) is 6.47. The molecule has 0 spiro atoms. The van der Waals surface area contributed by atoms with Gasteiger partial charge in [0.15, 0.2) is 0 Å². The quantitative estimate of drug-likeness (QED) is 0.859. The molecule has 1 aliphatic heterocycles. The third-order valence-electron chi connectivity index (χ3n) is 3.73. The highest BCUT2D eigenvalue weighted by Gasteiger charge is 2.18. The van der Waals surface area contributed by atoms with Gasteiger partial charge in [-0.15, -0.1) is 0 Å². The van der Waals surface area contributed by atoms with Gasteiger partial charge in [0.05, 0.1) is 11.4 Å². The monoisotopic (exact) mass is 248 g/mol. The lowest BCUT2D eigenvalue weighted by atomic mass is 9.93. The summed E-state index contributed by atoms with van der Waals surface area (Å²) >= 11 is 0. The standard InChI is InChI=1S/C14H24N4/c1-12-9-17-14(10-16-12)11-18-7-4-13(5-8-18)3-6-15-2/h9-10,13,15H,3-8,11H2,1-2H3. The summed E-state index contributed by atoms with van der Waals surface area (Å²) in [6, 6.07) is 0. The molecule has 1 aromatic heterocycles. The first-order valence-electron chi connectivity index (χ1n) is 6.92. The molecule has 0 bridgehead atoms. The molecule has 2 heterocycles. The topological polar surface area (TPSA) is 41.0 Å². The Kier molecular flexibility index (Phi) is 5.08. The van der Waals surface area contributed by atoms with Gasteiger partial charge in [0.2, 0.25) is 0 Å². The van der Waals surface area contributed by atoms with Crippen molar-refractivity contribution in [1.82, 2.24) is 20.2 Å². The highest BCUT2D eigenvalue weighted by Crippen LogP contribution is 2.20. The lowest BCUT2D eigenvalue weighted by molar-refractivity contribution is 0.170. The lowest BCUT2D eigenvalue weighted by Crippen LogP contribution is -2.34. The Bertz CT molecular complexity index is 341. The Balaban J connectivity index is 1.74. The molecular weight excluding hydrogens is 224 g/mol. The van der Waals surface area contributed by atoms with E-state index in [1.54, 1.807) is 0 Å². The molecule has 1 N–H and O–H groups in total. The van der Waals surface area contributed by atoms with Crippen molar-refractivity contribution in [1.29, 1.82) is 0 Å². The van der Waals surface area contributed by atoms with Crippen molar-refractivity contribution in [3.8, 4) is 0 Å². The first kappa shape index (κ1) is 13.4. The number of aryl methyl sites for hydroxylation is 1. The molecule has 18 heavy (non-hydrogen) atoms. The number of likely N-dealkylation sites (tertiary alicyclic amines) is 1. The van der Waals surface area contributed by atoms with Crippen LogP contribution in [0.2, 0.25) is 0 Å². The number of hydrogen-bond donors (Lipinski definition) is 1. The van der Waals surface area contributed by atoms with Crippen LogP contribution < -0.4 is 5.32 Å². The van der Waals surface area contributed by atoms with Crippen molar-refractivity contribution in [2.75, 3.05) is 26.7 Å². The molecule has 0 radical (unpaired) electrons. The largest absolute Gasteiger partial charge is 0.320 e. The van der Waals surface area contributed by atoms with E-state index in [9.17, 15) is 0 Å². The van der Waals surface area contributed by atoms with Crippen molar-refractivity contribution in [2.24, 2.45) is 5.92 Å². The van der Waals surface area contributed by atoms with Crippen LogP contribution in [-0.2, 0) is 6.54 Å². The first-order valence-corrected chi connectivity index (χ1v) is 6.92. The molecule has 4 heteroatoms. The molecule has 2 rings (SSSR count). The minimum Gasteiger partial charge on any atom is -0.320 e. The minimum absolute atomic E-state index is 0.901. The molecule has 0 atom stereocenters.